The molecule has 1 unspecified atom stereocenters. The highest BCUT2D eigenvalue weighted by atomic mass is 16.3. The van der Waals surface area contributed by atoms with Crippen LogP contribution < -0.4 is 16.0 Å². The molecule has 1 aliphatic heterocycles. The van der Waals surface area contributed by atoms with Crippen molar-refractivity contribution in [2.45, 2.75) is 5.66 Å². The average molecular weight is 248 g/mol. The lowest BCUT2D eigenvalue weighted by atomic mass is 10.2. The van der Waals surface area contributed by atoms with Gasteiger partial charge in [-0.3, -0.25) is 4.79 Å². The fraction of sp³-hybridized carbons (Fsp3) is 0.571. The Hall–Kier alpha value is -1.91. The molecule has 0 aromatic carbocycles. The van der Waals surface area contributed by atoms with E-state index in [2.05, 4.69) is 0 Å². The van der Waals surface area contributed by atoms with Crippen molar-refractivity contribution < 1.29 is 29.7 Å². The summed E-state index contributed by atoms with van der Waals surface area (Å²) in [4.78, 5) is 34.4. The average Bonchev–Trinajstić information content (AvgIpc) is 2.51. The molecule has 6 N–H and O–H groups in total. The molecule has 17 heavy (non-hydrogen) atoms. The molecule has 10 nitrogen and oxygen atoms in total. The van der Waals surface area contributed by atoms with Crippen LogP contribution in [0.4, 0.5) is 9.59 Å². The summed E-state index contributed by atoms with van der Waals surface area (Å²) in [6.45, 7) is -2.46. The third-order valence-corrected chi connectivity index (χ3v) is 2.12. The monoisotopic (exact) mass is 248 g/mol. The van der Waals surface area contributed by atoms with Gasteiger partial charge < -0.3 is 31.3 Å². The summed E-state index contributed by atoms with van der Waals surface area (Å²) in [6, 6.07) is -1.91. The summed E-state index contributed by atoms with van der Waals surface area (Å²) in [5.41, 5.74) is -2.03. The molecule has 10 heteroatoms. The van der Waals surface area contributed by atoms with E-state index >= 15 is 0 Å². The van der Waals surface area contributed by atoms with Gasteiger partial charge >= 0.3 is 12.1 Å². The van der Waals surface area contributed by atoms with Crippen LogP contribution in [0, 0.1) is 0 Å². The van der Waals surface area contributed by atoms with Crippen molar-refractivity contribution in [1.29, 1.82) is 0 Å². The molecule has 0 aromatic heterocycles. The van der Waals surface area contributed by atoms with Crippen LogP contribution in [0.1, 0.15) is 0 Å². The highest BCUT2D eigenvalue weighted by Gasteiger charge is 2.52. The number of rotatable bonds is 4. The Kier molecular flexibility index (Phi) is 3.83. The normalized spacial score (nSPS) is 23.6. The number of nitrogens with zero attached hydrogens (tertiary/aromatic N) is 1. The van der Waals surface area contributed by atoms with Gasteiger partial charge in [0.25, 0.3) is 5.91 Å². The summed E-state index contributed by atoms with van der Waals surface area (Å²) in [5.74, 6) is -0.999. The minimum atomic E-state index is -2.03. The van der Waals surface area contributed by atoms with Crippen LogP contribution >= 0.6 is 0 Å². The Balaban J connectivity index is 2.87. The van der Waals surface area contributed by atoms with Gasteiger partial charge in [0.05, 0.1) is 6.61 Å². The van der Waals surface area contributed by atoms with Gasteiger partial charge in [-0.05, 0) is 0 Å². The zero-order chi connectivity index (χ0) is 13.1. The molecule has 1 atom stereocenters. The van der Waals surface area contributed by atoms with Crippen LogP contribution in [-0.2, 0) is 4.79 Å². The summed E-state index contributed by atoms with van der Waals surface area (Å²) in [5, 5.41) is 32.2. The Morgan fingerprint density at radius 2 is 2.00 bits per heavy atom. The van der Waals surface area contributed by atoms with E-state index in [0.29, 0.717) is 4.90 Å². The molecule has 0 aromatic rings. The number of imide groups is 1. The lowest BCUT2D eigenvalue weighted by Gasteiger charge is -2.25. The Morgan fingerprint density at radius 3 is 2.41 bits per heavy atom. The van der Waals surface area contributed by atoms with E-state index in [0.717, 1.165) is 0 Å². The van der Waals surface area contributed by atoms with Crippen LogP contribution in [0.2, 0.25) is 0 Å². The molecule has 0 spiro atoms. The van der Waals surface area contributed by atoms with E-state index in [-0.39, 0.29) is 0 Å². The minimum absolute atomic E-state index is 0.412. The summed E-state index contributed by atoms with van der Waals surface area (Å²) in [7, 11) is 0. The van der Waals surface area contributed by atoms with E-state index < -0.39 is 43.7 Å². The third kappa shape index (κ3) is 2.27. The number of amides is 5. The number of urea groups is 2. The van der Waals surface area contributed by atoms with Gasteiger partial charge in [-0.1, -0.05) is 0 Å². The van der Waals surface area contributed by atoms with Crippen LogP contribution in [0.25, 0.3) is 0 Å². The van der Waals surface area contributed by atoms with Crippen LogP contribution in [0.3, 0.4) is 0 Å². The lowest BCUT2D eigenvalue weighted by molar-refractivity contribution is -0.135. The van der Waals surface area contributed by atoms with Gasteiger partial charge in [-0.25, -0.2) is 14.5 Å². The van der Waals surface area contributed by atoms with Gasteiger partial charge in [-0.15, -0.1) is 0 Å². The van der Waals surface area contributed by atoms with Crippen molar-refractivity contribution in [3.05, 3.63) is 0 Å². The Labute approximate surface area is 95.2 Å². The van der Waals surface area contributed by atoms with Crippen molar-refractivity contribution in [3.8, 4) is 0 Å². The van der Waals surface area contributed by atoms with Crippen molar-refractivity contribution >= 4 is 18.0 Å². The van der Waals surface area contributed by atoms with Crippen LogP contribution in [0.5, 0.6) is 0 Å². The first kappa shape index (κ1) is 13.2. The third-order valence-electron chi connectivity index (χ3n) is 2.12. The highest BCUT2D eigenvalue weighted by molar-refractivity contribution is 6.08. The number of hydrogen-bond acceptors (Lipinski definition) is 6. The molecule has 1 aliphatic rings. The molecular weight excluding hydrogens is 236 g/mol. The molecule has 0 saturated carbocycles. The van der Waals surface area contributed by atoms with Crippen molar-refractivity contribution in [2.75, 3.05) is 20.1 Å². The summed E-state index contributed by atoms with van der Waals surface area (Å²) >= 11 is 0. The fourth-order valence-electron chi connectivity index (χ4n) is 1.30. The summed E-state index contributed by atoms with van der Waals surface area (Å²) < 4.78 is 0. The quantitative estimate of drug-likeness (QED) is 0.223. The zero-order valence-corrected chi connectivity index (χ0v) is 8.63. The highest BCUT2D eigenvalue weighted by Crippen LogP contribution is 2.14. The number of hydrogen-bond donors (Lipinski definition) is 6. The molecule has 0 radical (unpaired) electrons. The molecule has 96 valence electrons. The first-order chi connectivity index (χ1) is 8.00. The molecule has 1 saturated heterocycles. The molecule has 1 rings (SSSR count). The Morgan fingerprint density at radius 1 is 1.35 bits per heavy atom. The second-order valence-corrected chi connectivity index (χ2v) is 3.16. The molecular formula is C7H12N4O6. The maximum absolute atomic E-state index is 11.7. The van der Waals surface area contributed by atoms with Gasteiger partial charge in [0.2, 0.25) is 5.66 Å². The first-order valence-corrected chi connectivity index (χ1v) is 4.53. The minimum Gasteiger partial charge on any atom is -0.391 e. The second kappa shape index (κ2) is 4.95. The Bertz CT molecular complexity index is 347. The lowest BCUT2D eigenvalue weighted by Crippen LogP contribution is -2.65. The molecule has 5 amide bonds. The van der Waals surface area contributed by atoms with E-state index in [1.807, 2.05) is 16.0 Å². The zero-order valence-electron chi connectivity index (χ0n) is 8.63. The summed E-state index contributed by atoms with van der Waals surface area (Å²) in [6.07, 6.45) is 0. The molecule has 1 fully saturated rings. The smallest absolute Gasteiger partial charge is 0.328 e. The van der Waals surface area contributed by atoms with E-state index in [1.54, 1.807) is 0 Å². The van der Waals surface area contributed by atoms with Gasteiger partial charge in [0.1, 0.15) is 13.5 Å². The van der Waals surface area contributed by atoms with E-state index in [4.69, 9.17) is 15.3 Å². The standard InChI is InChI=1S/C7H12N4O6/c12-1-7(9-5(16)8-2-13)4(15)11(3-14)6(17)10-7/h12-14H,1-3H2,(H,10,17)(H2,8,9,16). The second-order valence-electron chi connectivity index (χ2n) is 3.16. The van der Waals surface area contributed by atoms with Crippen molar-refractivity contribution in [3.63, 3.8) is 0 Å². The van der Waals surface area contributed by atoms with Crippen molar-refractivity contribution in [1.82, 2.24) is 20.9 Å². The molecule has 0 bridgehead atoms. The topological polar surface area (TPSA) is 151 Å². The van der Waals surface area contributed by atoms with Crippen LogP contribution in [-0.4, -0.2) is 63.9 Å². The molecule has 1 heterocycles. The fourth-order valence-corrected chi connectivity index (χ4v) is 1.30. The number of aliphatic hydroxyl groups excluding tert-OH is 3. The first-order valence-electron chi connectivity index (χ1n) is 4.53. The maximum Gasteiger partial charge on any atom is 0.328 e. The van der Waals surface area contributed by atoms with E-state index in [1.165, 1.54) is 0 Å². The predicted octanol–water partition coefficient (Wildman–Crippen LogP) is -3.57. The number of carbonyl (C=O) groups excluding carboxylic acids is 3. The van der Waals surface area contributed by atoms with Gasteiger partial charge in [0.15, 0.2) is 0 Å². The number of carbonyl (C=O) groups is 3. The molecule has 0 aliphatic carbocycles. The van der Waals surface area contributed by atoms with E-state index in [9.17, 15) is 14.4 Å². The maximum atomic E-state index is 11.7. The van der Waals surface area contributed by atoms with Crippen molar-refractivity contribution in [2.24, 2.45) is 0 Å². The van der Waals surface area contributed by atoms with Gasteiger partial charge in [-0.2, -0.15) is 0 Å². The number of nitrogens with one attached hydrogen (secondary N) is 3. The van der Waals surface area contributed by atoms with Crippen LogP contribution in [0.15, 0.2) is 0 Å². The largest absolute Gasteiger partial charge is 0.391 e. The van der Waals surface area contributed by atoms with Gasteiger partial charge in [0, 0.05) is 0 Å². The number of aliphatic hydroxyl groups is 3. The SMILES string of the molecule is O=C(NCO)NC1(CO)NC(=O)N(CO)C1=O. The predicted molar refractivity (Wildman–Crippen MR) is 51.0 cm³/mol.